The first-order chi connectivity index (χ1) is 16.8. The molecular formula is C26H32N6O2S. The van der Waals surface area contributed by atoms with E-state index in [1.165, 1.54) is 11.8 Å². The van der Waals surface area contributed by atoms with Gasteiger partial charge in [0.25, 0.3) is 5.56 Å². The molecule has 0 bridgehead atoms. The predicted octanol–water partition coefficient (Wildman–Crippen LogP) is 3.91. The molecule has 0 aliphatic heterocycles. The Morgan fingerprint density at radius 2 is 1.74 bits per heavy atom. The van der Waals surface area contributed by atoms with Gasteiger partial charge in [-0.25, -0.2) is 0 Å². The summed E-state index contributed by atoms with van der Waals surface area (Å²) in [4.78, 5) is 29.8. The van der Waals surface area contributed by atoms with Crippen molar-refractivity contribution in [2.24, 2.45) is 5.92 Å². The summed E-state index contributed by atoms with van der Waals surface area (Å²) in [5.41, 5.74) is 2.89. The fraction of sp³-hybridized carbons (Fsp3) is 0.385. The lowest BCUT2D eigenvalue weighted by atomic mass is 10.1. The third-order valence-corrected chi connectivity index (χ3v) is 6.94. The van der Waals surface area contributed by atoms with Crippen LogP contribution in [0.4, 0.5) is 5.69 Å². The second-order valence-corrected chi connectivity index (χ2v) is 10.3. The monoisotopic (exact) mass is 492 g/mol. The second-order valence-electron chi connectivity index (χ2n) is 9.37. The van der Waals surface area contributed by atoms with Crippen LogP contribution in [0, 0.1) is 5.92 Å². The van der Waals surface area contributed by atoms with E-state index in [2.05, 4.69) is 36.2 Å². The first-order valence-corrected chi connectivity index (χ1v) is 12.7. The maximum atomic E-state index is 13.2. The lowest BCUT2D eigenvalue weighted by Gasteiger charge is -2.18. The van der Waals surface area contributed by atoms with Crippen LogP contribution in [0.2, 0.25) is 0 Å². The molecule has 2 heterocycles. The summed E-state index contributed by atoms with van der Waals surface area (Å²) >= 11 is 1.34. The summed E-state index contributed by atoms with van der Waals surface area (Å²) in [7, 11) is 5.82. The van der Waals surface area contributed by atoms with Gasteiger partial charge in [-0.2, -0.15) is 0 Å². The van der Waals surface area contributed by atoms with Crippen LogP contribution >= 0.6 is 11.8 Å². The Balaban J connectivity index is 1.55. The maximum Gasteiger partial charge on any atom is 0.262 e. The van der Waals surface area contributed by atoms with Crippen LogP contribution in [0.25, 0.3) is 16.7 Å². The van der Waals surface area contributed by atoms with Crippen LogP contribution in [0.15, 0.2) is 58.5 Å². The third kappa shape index (κ3) is 5.35. The molecule has 2 aromatic heterocycles. The molecule has 184 valence electrons. The lowest BCUT2D eigenvalue weighted by Crippen LogP contribution is -2.28. The Morgan fingerprint density at radius 1 is 1.03 bits per heavy atom. The van der Waals surface area contributed by atoms with Gasteiger partial charge in [0, 0.05) is 39.9 Å². The number of para-hydroxylation sites is 1. The number of anilines is 1. The van der Waals surface area contributed by atoms with Crippen LogP contribution < -0.4 is 10.5 Å². The van der Waals surface area contributed by atoms with Crippen molar-refractivity contribution >= 4 is 40.0 Å². The molecule has 0 spiro atoms. The fourth-order valence-electron chi connectivity index (χ4n) is 3.91. The first kappa shape index (κ1) is 24.8. The average Bonchev–Trinajstić information content (AvgIpc) is 3.26. The molecule has 0 unspecified atom stereocenters. The molecule has 2 aromatic carbocycles. The van der Waals surface area contributed by atoms with E-state index in [0.717, 1.165) is 23.2 Å². The molecular weight excluding hydrogens is 460 g/mol. The van der Waals surface area contributed by atoms with Gasteiger partial charge < -0.3 is 9.80 Å². The molecule has 0 aliphatic rings. The number of aromatic nitrogens is 4. The van der Waals surface area contributed by atoms with E-state index in [1.54, 1.807) is 9.47 Å². The van der Waals surface area contributed by atoms with Gasteiger partial charge >= 0.3 is 0 Å². The van der Waals surface area contributed by atoms with Crippen molar-refractivity contribution in [2.75, 3.05) is 31.8 Å². The molecule has 0 saturated heterocycles. The second kappa shape index (κ2) is 10.5. The SMILES string of the molecule is CC(C)CCn1c(=O)c2ccccc2n2c(SCC(=O)N(C)Cc3ccc(N(C)C)cc3)nnc12. The highest BCUT2D eigenvalue weighted by Gasteiger charge is 2.19. The Hall–Kier alpha value is -3.33. The van der Waals surface area contributed by atoms with Crippen molar-refractivity contribution in [3.05, 3.63) is 64.4 Å². The minimum atomic E-state index is -0.0613. The van der Waals surface area contributed by atoms with Crippen molar-refractivity contribution in [3.8, 4) is 0 Å². The number of nitrogens with zero attached hydrogens (tertiary/aromatic N) is 6. The smallest absolute Gasteiger partial charge is 0.262 e. The number of amides is 1. The average molecular weight is 493 g/mol. The topological polar surface area (TPSA) is 75.7 Å². The standard InChI is InChI=1S/C26H32N6O2S/c1-18(2)14-15-31-24(34)21-8-6-7-9-22(21)32-25(31)27-28-26(32)35-17-23(33)30(5)16-19-10-12-20(13-11-19)29(3)4/h6-13,18H,14-17H2,1-5H3. The van der Waals surface area contributed by atoms with Gasteiger partial charge in [0.1, 0.15) is 0 Å². The maximum absolute atomic E-state index is 13.2. The largest absolute Gasteiger partial charge is 0.378 e. The van der Waals surface area contributed by atoms with Gasteiger partial charge in [-0.3, -0.25) is 18.6 Å². The molecule has 0 atom stereocenters. The zero-order valence-electron chi connectivity index (χ0n) is 20.9. The number of hydrogen-bond acceptors (Lipinski definition) is 6. The molecule has 8 nitrogen and oxygen atoms in total. The van der Waals surface area contributed by atoms with Crippen LogP contribution in [0.1, 0.15) is 25.8 Å². The Labute approximate surface area is 209 Å². The van der Waals surface area contributed by atoms with E-state index in [4.69, 9.17) is 0 Å². The van der Waals surface area contributed by atoms with Crippen LogP contribution in [0.3, 0.4) is 0 Å². The van der Waals surface area contributed by atoms with Crippen LogP contribution in [-0.2, 0) is 17.9 Å². The van der Waals surface area contributed by atoms with E-state index in [9.17, 15) is 9.59 Å². The van der Waals surface area contributed by atoms with Gasteiger partial charge in [-0.1, -0.05) is 49.9 Å². The lowest BCUT2D eigenvalue weighted by molar-refractivity contribution is -0.127. The summed E-state index contributed by atoms with van der Waals surface area (Å²) < 4.78 is 3.60. The van der Waals surface area contributed by atoms with Crippen molar-refractivity contribution in [3.63, 3.8) is 0 Å². The van der Waals surface area contributed by atoms with Crippen molar-refractivity contribution in [1.82, 2.24) is 24.1 Å². The molecule has 0 N–H and O–H groups in total. The quantitative estimate of drug-likeness (QED) is 0.330. The van der Waals surface area contributed by atoms with Crippen molar-refractivity contribution in [1.29, 1.82) is 0 Å². The molecule has 35 heavy (non-hydrogen) atoms. The van der Waals surface area contributed by atoms with Gasteiger partial charge in [-0.05, 0) is 42.2 Å². The number of rotatable bonds is 9. The Bertz CT molecular complexity index is 1390. The molecule has 0 radical (unpaired) electrons. The third-order valence-electron chi connectivity index (χ3n) is 6.03. The number of thioether (sulfide) groups is 1. The number of carbonyl (C=O) groups excluding carboxylic acids is 1. The first-order valence-electron chi connectivity index (χ1n) is 11.8. The Kier molecular flexibility index (Phi) is 7.45. The summed E-state index contributed by atoms with van der Waals surface area (Å²) in [5.74, 6) is 1.20. The normalized spacial score (nSPS) is 11.5. The van der Waals surface area contributed by atoms with Crippen molar-refractivity contribution < 1.29 is 4.79 Å². The van der Waals surface area contributed by atoms with E-state index in [-0.39, 0.29) is 17.2 Å². The molecule has 9 heteroatoms. The number of benzene rings is 2. The molecule has 0 aliphatic carbocycles. The molecule has 4 rings (SSSR count). The number of hydrogen-bond donors (Lipinski definition) is 0. The Morgan fingerprint density at radius 3 is 2.43 bits per heavy atom. The summed E-state index contributed by atoms with van der Waals surface area (Å²) in [6, 6.07) is 15.7. The molecule has 4 aromatic rings. The van der Waals surface area contributed by atoms with Crippen molar-refractivity contribution in [2.45, 2.75) is 38.5 Å². The summed E-state index contributed by atoms with van der Waals surface area (Å²) in [6.07, 6.45) is 0.863. The van der Waals surface area contributed by atoms with Gasteiger partial charge in [0.05, 0.1) is 16.7 Å². The minimum absolute atomic E-state index is 0.000806. The van der Waals surface area contributed by atoms with Gasteiger partial charge in [0.15, 0.2) is 5.16 Å². The number of carbonyl (C=O) groups is 1. The van der Waals surface area contributed by atoms with E-state index in [0.29, 0.717) is 35.3 Å². The number of fused-ring (bicyclic) bond motifs is 3. The van der Waals surface area contributed by atoms with Crippen LogP contribution in [0.5, 0.6) is 0 Å². The predicted molar refractivity (Wildman–Crippen MR) is 142 cm³/mol. The zero-order valence-corrected chi connectivity index (χ0v) is 21.7. The zero-order chi connectivity index (χ0) is 25.1. The highest BCUT2D eigenvalue weighted by atomic mass is 32.2. The highest BCUT2D eigenvalue weighted by Crippen LogP contribution is 2.22. The van der Waals surface area contributed by atoms with Crippen LogP contribution in [-0.4, -0.2) is 56.9 Å². The van der Waals surface area contributed by atoms with E-state index < -0.39 is 0 Å². The highest BCUT2D eigenvalue weighted by molar-refractivity contribution is 7.99. The van der Waals surface area contributed by atoms with Gasteiger partial charge in [-0.15, -0.1) is 10.2 Å². The molecule has 0 saturated carbocycles. The minimum Gasteiger partial charge on any atom is -0.378 e. The number of aryl methyl sites for hydroxylation is 1. The summed E-state index contributed by atoms with van der Waals surface area (Å²) in [6.45, 7) is 5.37. The fourth-order valence-corrected chi connectivity index (χ4v) is 4.79. The van der Waals surface area contributed by atoms with E-state index in [1.807, 2.05) is 66.8 Å². The molecule has 0 fully saturated rings. The molecule has 1 amide bonds. The van der Waals surface area contributed by atoms with Gasteiger partial charge in [0.2, 0.25) is 11.7 Å². The van der Waals surface area contributed by atoms with E-state index >= 15 is 0 Å². The summed E-state index contributed by atoms with van der Waals surface area (Å²) in [5, 5.41) is 9.93.